The van der Waals surface area contributed by atoms with Crippen molar-refractivity contribution in [2.75, 3.05) is 13.2 Å². The summed E-state index contributed by atoms with van der Waals surface area (Å²) in [5, 5.41) is 0. The van der Waals surface area contributed by atoms with Crippen molar-refractivity contribution in [2.45, 2.75) is 18.9 Å². The molecule has 16 heavy (non-hydrogen) atoms. The van der Waals surface area contributed by atoms with Gasteiger partial charge in [-0.25, -0.2) is 9.18 Å². The predicted octanol–water partition coefficient (Wildman–Crippen LogP) is 2.16. The zero-order valence-electron chi connectivity index (χ0n) is 8.82. The summed E-state index contributed by atoms with van der Waals surface area (Å²) in [6, 6.07) is 5.79. The highest BCUT2D eigenvalue weighted by Gasteiger charge is 2.19. The first-order valence-corrected chi connectivity index (χ1v) is 5.30. The van der Waals surface area contributed by atoms with Gasteiger partial charge in [0.1, 0.15) is 12.4 Å². The van der Waals surface area contributed by atoms with Crippen LogP contribution >= 0.6 is 0 Å². The summed E-state index contributed by atoms with van der Waals surface area (Å²) in [6.45, 7) is 0.912. The average molecular weight is 224 g/mol. The van der Waals surface area contributed by atoms with Gasteiger partial charge in [0.15, 0.2) is 0 Å². The second-order valence-corrected chi connectivity index (χ2v) is 3.71. The number of hydrogen-bond donors (Lipinski definition) is 0. The van der Waals surface area contributed by atoms with Crippen molar-refractivity contribution in [3.05, 3.63) is 35.6 Å². The smallest absolute Gasteiger partial charge is 0.341 e. The van der Waals surface area contributed by atoms with E-state index in [1.807, 2.05) is 0 Å². The van der Waals surface area contributed by atoms with Crippen LogP contribution in [0.1, 0.15) is 23.2 Å². The van der Waals surface area contributed by atoms with Crippen LogP contribution in [0.2, 0.25) is 0 Å². The van der Waals surface area contributed by atoms with Crippen LogP contribution in [0.5, 0.6) is 0 Å². The van der Waals surface area contributed by atoms with Gasteiger partial charge in [-0.3, -0.25) is 0 Å². The lowest BCUT2D eigenvalue weighted by molar-refractivity contribution is 0.0157. The molecule has 3 nitrogen and oxygen atoms in total. The van der Waals surface area contributed by atoms with Crippen LogP contribution in [-0.4, -0.2) is 25.3 Å². The Bertz CT molecular complexity index is 372. The Balaban J connectivity index is 1.90. The summed E-state index contributed by atoms with van der Waals surface area (Å²) >= 11 is 0. The van der Waals surface area contributed by atoms with Crippen molar-refractivity contribution < 1.29 is 18.7 Å². The lowest BCUT2D eigenvalue weighted by Crippen LogP contribution is -2.18. The van der Waals surface area contributed by atoms with Crippen molar-refractivity contribution in [3.8, 4) is 0 Å². The third kappa shape index (κ3) is 2.58. The fraction of sp³-hybridized carbons (Fsp3) is 0.417. The molecule has 0 aliphatic carbocycles. The van der Waals surface area contributed by atoms with Crippen molar-refractivity contribution in [1.29, 1.82) is 0 Å². The largest absolute Gasteiger partial charge is 0.459 e. The molecule has 0 radical (unpaired) electrons. The standard InChI is InChI=1S/C12H13FO3/c13-11-6-2-1-5-10(11)12(14)16-8-9-4-3-7-15-9/h1-2,5-6,9H,3-4,7-8H2. The van der Waals surface area contributed by atoms with Crippen molar-refractivity contribution in [2.24, 2.45) is 0 Å². The number of carbonyl (C=O) groups excluding carboxylic acids is 1. The van der Waals surface area contributed by atoms with Gasteiger partial charge >= 0.3 is 5.97 Å². The number of carbonyl (C=O) groups is 1. The molecule has 1 saturated heterocycles. The summed E-state index contributed by atoms with van der Waals surface area (Å²) in [5.74, 6) is -1.19. The van der Waals surface area contributed by atoms with E-state index in [4.69, 9.17) is 9.47 Å². The van der Waals surface area contributed by atoms with Crippen LogP contribution in [0, 0.1) is 5.82 Å². The van der Waals surface area contributed by atoms with Crippen LogP contribution in [-0.2, 0) is 9.47 Å². The summed E-state index contributed by atoms with van der Waals surface area (Å²) < 4.78 is 23.5. The zero-order chi connectivity index (χ0) is 11.4. The minimum atomic E-state index is -0.631. The molecule has 2 rings (SSSR count). The number of benzene rings is 1. The average Bonchev–Trinajstić information content (AvgIpc) is 2.79. The summed E-state index contributed by atoms with van der Waals surface area (Å²) in [7, 11) is 0. The predicted molar refractivity (Wildman–Crippen MR) is 55.7 cm³/mol. The first-order valence-electron chi connectivity index (χ1n) is 5.30. The van der Waals surface area contributed by atoms with Crippen LogP contribution < -0.4 is 0 Å². The molecule has 1 aromatic carbocycles. The number of halogens is 1. The molecule has 0 aromatic heterocycles. The van der Waals surface area contributed by atoms with Crippen molar-refractivity contribution in [3.63, 3.8) is 0 Å². The molecule has 0 amide bonds. The molecule has 1 heterocycles. The van der Waals surface area contributed by atoms with Crippen LogP contribution in [0.3, 0.4) is 0 Å². The number of rotatable bonds is 3. The minimum absolute atomic E-state index is 0.0273. The van der Waals surface area contributed by atoms with E-state index >= 15 is 0 Å². The maximum atomic E-state index is 13.2. The van der Waals surface area contributed by atoms with Gasteiger partial charge in [-0.05, 0) is 25.0 Å². The maximum Gasteiger partial charge on any atom is 0.341 e. The lowest BCUT2D eigenvalue weighted by atomic mass is 10.2. The monoisotopic (exact) mass is 224 g/mol. The Labute approximate surface area is 93.2 Å². The second-order valence-electron chi connectivity index (χ2n) is 3.71. The van der Waals surface area contributed by atoms with Crippen LogP contribution in [0.4, 0.5) is 4.39 Å². The third-order valence-corrected chi connectivity index (χ3v) is 2.52. The molecule has 0 bridgehead atoms. The molecule has 1 unspecified atom stereocenters. The third-order valence-electron chi connectivity index (χ3n) is 2.52. The van der Waals surface area contributed by atoms with Gasteiger partial charge in [-0.1, -0.05) is 12.1 Å². The molecule has 4 heteroatoms. The van der Waals surface area contributed by atoms with E-state index in [0.29, 0.717) is 6.61 Å². The molecule has 86 valence electrons. The van der Waals surface area contributed by atoms with E-state index < -0.39 is 11.8 Å². The van der Waals surface area contributed by atoms with Gasteiger partial charge < -0.3 is 9.47 Å². The van der Waals surface area contributed by atoms with Gasteiger partial charge in [0.25, 0.3) is 0 Å². The van der Waals surface area contributed by atoms with Gasteiger partial charge in [-0.2, -0.15) is 0 Å². The second kappa shape index (κ2) is 5.07. The Hall–Kier alpha value is -1.42. The Morgan fingerprint density at radius 2 is 2.31 bits per heavy atom. The van der Waals surface area contributed by atoms with E-state index in [-0.39, 0.29) is 18.3 Å². The Morgan fingerprint density at radius 1 is 1.50 bits per heavy atom. The van der Waals surface area contributed by atoms with Crippen LogP contribution in [0.15, 0.2) is 24.3 Å². The number of esters is 1. The fourth-order valence-corrected chi connectivity index (χ4v) is 1.65. The highest BCUT2D eigenvalue weighted by molar-refractivity contribution is 5.89. The summed E-state index contributed by atoms with van der Waals surface area (Å²) in [6.07, 6.45) is 1.85. The van der Waals surface area contributed by atoms with Crippen LogP contribution in [0.25, 0.3) is 0 Å². The first kappa shape index (κ1) is 11.1. The zero-order valence-corrected chi connectivity index (χ0v) is 8.82. The highest BCUT2D eigenvalue weighted by Crippen LogP contribution is 2.14. The van der Waals surface area contributed by atoms with Gasteiger partial charge in [0.2, 0.25) is 0 Å². The highest BCUT2D eigenvalue weighted by atomic mass is 19.1. The molecular formula is C12H13FO3. The molecule has 1 atom stereocenters. The molecule has 0 saturated carbocycles. The van der Waals surface area contributed by atoms with E-state index in [1.165, 1.54) is 18.2 Å². The number of hydrogen-bond acceptors (Lipinski definition) is 3. The minimum Gasteiger partial charge on any atom is -0.459 e. The quantitative estimate of drug-likeness (QED) is 0.738. The molecule has 0 spiro atoms. The maximum absolute atomic E-state index is 13.2. The van der Waals surface area contributed by atoms with Gasteiger partial charge in [0.05, 0.1) is 11.7 Å². The van der Waals surface area contributed by atoms with E-state index in [9.17, 15) is 9.18 Å². The van der Waals surface area contributed by atoms with Crippen molar-refractivity contribution >= 4 is 5.97 Å². The van der Waals surface area contributed by atoms with E-state index in [2.05, 4.69) is 0 Å². The Morgan fingerprint density at radius 3 is 3.00 bits per heavy atom. The summed E-state index contributed by atoms with van der Waals surface area (Å²) in [5.41, 5.74) is -0.0273. The fourth-order valence-electron chi connectivity index (χ4n) is 1.65. The summed E-state index contributed by atoms with van der Waals surface area (Å²) in [4.78, 5) is 11.5. The van der Waals surface area contributed by atoms with E-state index in [0.717, 1.165) is 12.8 Å². The molecule has 1 aromatic rings. The number of ether oxygens (including phenoxy) is 2. The molecule has 1 fully saturated rings. The van der Waals surface area contributed by atoms with Gasteiger partial charge in [-0.15, -0.1) is 0 Å². The molecular weight excluding hydrogens is 211 g/mol. The first-order chi connectivity index (χ1) is 7.77. The lowest BCUT2D eigenvalue weighted by Gasteiger charge is -2.10. The van der Waals surface area contributed by atoms with E-state index in [1.54, 1.807) is 6.07 Å². The van der Waals surface area contributed by atoms with Gasteiger partial charge in [0, 0.05) is 6.61 Å². The Kier molecular flexibility index (Phi) is 3.51. The molecule has 0 N–H and O–H groups in total. The SMILES string of the molecule is O=C(OCC1CCCO1)c1ccccc1F. The normalized spacial score (nSPS) is 19.7. The topological polar surface area (TPSA) is 35.5 Å². The molecule has 1 aliphatic rings. The van der Waals surface area contributed by atoms with Crippen molar-refractivity contribution in [1.82, 2.24) is 0 Å². The molecule has 1 aliphatic heterocycles.